The normalized spacial score (nSPS) is 25.7. The molecule has 5 rings (SSSR count). The SMILES string of the molecule is C#CCC1C2C(=O)NC(C(O)CNC3(c4cccc(CC)c4)CC3)Cc3cc(F)cc(c3)OCCCCN(CCC)C(=O)C12. The van der Waals surface area contributed by atoms with E-state index in [-0.39, 0.29) is 36.2 Å². The first-order chi connectivity index (χ1) is 21.3. The van der Waals surface area contributed by atoms with Crippen molar-refractivity contribution in [2.45, 2.75) is 82.9 Å². The molecule has 236 valence electrons. The van der Waals surface area contributed by atoms with Gasteiger partial charge in [-0.15, -0.1) is 12.3 Å². The predicted octanol–water partition coefficient (Wildman–Crippen LogP) is 4.35. The van der Waals surface area contributed by atoms with Gasteiger partial charge in [-0.3, -0.25) is 9.59 Å². The highest BCUT2D eigenvalue weighted by atomic mass is 19.1. The molecule has 2 saturated carbocycles. The van der Waals surface area contributed by atoms with Crippen LogP contribution in [0, 0.1) is 35.9 Å². The molecule has 2 aromatic rings. The number of ether oxygens (including phenoxy) is 1. The number of amides is 2. The summed E-state index contributed by atoms with van der Waals surface area (Å²) in [6.45, 7) is 5.97. The first kappa shape index (κ1) is 32.0. The third-order valence-corrected chi connectivity index (χ3v) is 9.47. The van der Waals surface area contributed by atoms with Gasteiger partial charge in [0.05, 0.1) is 30.6 Å². The van der Waals surface area contributed by atoms with Crippen LogP contribution in [0.4, 0.5) is 4.39 Å². The number of fused-ring (bicyclic) bond motifs is 3. The average molecular weight is 604 g/mol. The predicted molar refractivity (Wildman–Crippen MR) is 168 cm³/mol. The van der Waals surface area contributed by atoms with Crippen LogP contribution in [0.1, 0.15) is 69.1 Å². The molecule has 3 N–H and O–H groups in total. The molecule has 0 aromatic heterocycles. The number of halogens is 1. The van der Waals surface area contributed by atoms with E-state index in [1.807, 2.05) is 11.8 Å². The number of hydrogen-bond donors (Lipinski definition) is 3. The number of hydrogen-bond acceptors (Lipinski definition) is 5. The molecule has 1 heterocycles. The van der Waals surface area contributed by atoms with Crippen LogP contribution in [0.5, 0.6) is 5.75 Å². The number of rotatable bonds is 9. The van der Waals surface area contributed by atoms with Crippen LogP contribution in [0.2, 0.25) is 0 Å². The number of nitrogens with one attached hydrogen (secondary N) is 2. The first-order valence-corrected chi connectivity index (χ1v) is 16.3. The quantitative estimate of drug-likeness (QED) is 0.371. The van der Waals surface area contributed by atoms with E-state index >= 15 is 0 Å². The molecule has 1 aliphatic heterocycles. The number of aliphatic hydroxyl groups excluding tert-OH is 1. The molecule has 5 unspecified atom stereocenters. The molecule has 2 amide bonds. The Morgan fingerprint density at radius 3 is 2.73 bits per heavy atom. The van der Waals surface area contributed by atoms with Crippen LogP contribution in [-0.4, -0.2) is 60.2 Å². The van der Waals surface area contributed by atoms with Crippen molar-refractivity contribution in [2.75, 3.05) is 26.2 Å². The Balaban J connectivity index is 1.38. The molecule has 0 radical (unpaired) electrons. The lowest BCUT2D eigenvalue weighted by atomic mass is 9.98. The standard InChI is InChI=1S/C36H46FN3O4/c1-4-10-29-32-33(29)35(43)40(15-5-2)16-7-8-17-44-28-20-25(19-27(37)22-28)21-30(39-34(32)42)31(41)23-38-36(13-14-36)26-12-9-11-24(6-3)18-26/h1,9,11-12,18-20,22,29-33,38,41H,5-8,10,13-17,21,23H2,2-3H3,(H,39,42). The van der Waals surface area contributed by atoms with Gasteiger partial charge in [0.25, 0.3) is 0 Å². The first-order valence-electron chi connectivity index (χ1n) is 16.3. The minimum Gasteiger partial charge on any atom is -0.493 e. The molecule has 5 atom stereocenters. The molecule has 3 aliphatic rings. The maximum absolute atomic E-state index is 14.7. The zero-order valence-electron chi connectivity index (χ0n) is 26.0. The number of aryl methyl sites for hydroxylation is 1. The van der Waals surface area contributed by atoms with Crippen LogP contribution in [0.15, 0.2) is 42.5 Å². The Morgan fingerprint density at radius 2 is 2.00 bits per heavy atom. The summed E-state index contributed by atoms with van der Waals surface area (Å²) in [5.74, 6) is 1.05. The summed E-state index contributed by atoms with van der Waals surface area (Å²) in [6, 6.07) is 12.3. The number of carbonyl (C=O) groups is 2. The molecular weight excluding hydrogens is 557 g/mol. The molecular formula is C36H46FN3O4. The summed E-state index contributed by atoms with van der Waals surface area (Å²) >= 11 is 0. The fourth-order valence-electron chi connectivity index (χ4n) is 6.73. The zero-order valence-corrected chi connectivity index (χ0v) is 26.0. The molecule has 0 saturated heterocycles. The van der Waals surface area contributed by atoms with E-state index in [1.54, 1.807) is 6.07 Å². The average Bonchev–Trinajstić information content (AvgIpc) is 3.94. The number of nitrogens with zero attached hydrogens (tertiary/aromatic N) is 1. The summed E-state index contributed by atoms with van der Waals surface area (Å²) in [6.07, 6.45) is 10.3. The van der Waals surface area contributed by atoms with Gasteiger partial charge < -0.3 is 25.4 Å². The summed E-state index contributed by atoms with van der Waals surface area (Å²) in [4.78, 5) is 29.2. The van der Waals surface area contributed by atoms with E-state index in [0.717, 1.165) is 32.1 Å². The summed E-state index contributed by atoms with van der Waals surface area (Å²) in [5.41, 5.74) is 2.87. The molecule has 0 spiro atoms. The van der Waals surface area contributed by atoms with Gasteiger partial charge in [0, 0.05) is 37.7 Å². The number of terminal acetylenes is 1. The van der Waals surface area contributed by atoms with Gasteiger partial charge in [0.2, 0.25) is 11.8 Å². The molecule has 2 aromatic carbocycles. The minimum atomic E-state index is -0.965. The zero-order chi connectivity index (χ0) is 31.3. The fourth-order valence-corrected chi connectivity index (χ4v) is 6.73. The lowest BCUT2D eigenvalue weighted by Crippen LogP contribution is -2.51. The third-order valence-electron chi connectivity index (χ3n) is 9.47. The highest BCUT2D eigenvalue weighted by Gasteiger charge is 2.59. The lowest BCUT2D eigenvalue weighted by molar-refractivity contribution is -0.135. The molecule has 2 bridgehead atoms. The van der Waals surface area contributed by atoms with Gasteiger partial charge in [0.1, 0.15) is 11.6 Å². The van der Waals surface area contributed by atoms with E-state index in [4.69, 9.17) is 11.2 Å². The second kappa shape index (κ2) is 14.1. The number of benzene rings is 2. The number of aliphatic hydroxyl groups is 1. The van der Waals surface area contributed by atoms with Crippen molar-refractivity contribution < 1.29 is 23.8 Å². The highest BCUT2D eigenvalue weighted by molar-refractivity contribution is 5.93. The van der Waals surface area contributed by atoms with Crippen molar-refractivity contribution in [3.05, 3.63) is 65.0 Å². The number of carbonyl (C=O) groups excluding carboxylic acids is 2. The van der Waals surface area contributed by atoms with Crippen LogP contribution < -0.4 is 15.4 Å². The van der Waals surface area contributed by atoms with Crippen molar-refractivity contribution in [1.82, 2.24) is 15.5 Å². The maximum atomic E-state index is 14.7. The van der Waals surface area contributed by atoms with Crippen molar-refractivity contribution >= 4 is 11.8 Å². The van der Waals surface area contributed by atoms with E-state index < -0.39 is 29.8 Å². The van der Waals surface area contributed by atoms with Gasteiger partial charge in [-0.2, -0.15) is 0 Å². The summed E-state index contributed by atoms with van der Waals surface area (Å²) in [5, 5.41) is 18.2. The Hall–Kier alpha value is -3.41. The van der Waals surface area contributed by atoms with Crippen molar-refractivity contribution in [3.63, 3.8) is 0 Å². The molecule has 44 heavy (non-hydrogen) atoms. The lowest BCUT2D eigenvalue weighted by Gasteiger charge is -2.28. The van der Waals surface area contributed by atoms with Gasteiger partial charge in [-0.05, 0) is 79.7 Å². The fraction of sp³-hybridized carbons (Fsp3) is 0.556. The Bertz CT molecular complexity index is 1370. The maximum Gasteiger partial charge on any atom is 0.226 e. The highest BCUT2D eigenvalue weighted by Crippen LogP contribution is 2.50. The van der Waals surface area contributed by atoms with Gasteiger partial charge in [-0.1, -0.05) is 38.1 Å². The van der Waals surface area contributed by atoms with Crippen molar-refractivity contribution in [2.24, 2.45) is 17.8 Å². The van der Waals surface area contributed by atoms with Gasteiger partial charge in [0.15, 0.2) is 0 Å². The molecule has 7 nitrogen and oxygen atoms in total. The Labute approximate surface area is 260 Å². The third kappa shape index (κ3) is 7.44. The second-order valence-corrected chi connectivity index (χ2v) is 12.7. The summed E-state index contributed by atoms with van der Waals surface area (Å²) in [7, 11) is 0. The van der Waals surface area contributed by atoms with E-state index in [1.165, 1.54) is 23.3 Å². The smallest absolute Gasteiger partial charge is 0.226 e. The van der Waals surface area contributed by atoms with Gasteiger partial charge >= 0.3 is 0 Å². The summed E-state index contributed by atoms with van der Waals surface area (Å²) < 4.78 is 20.6. The molecule has 2 fully saturated rings. The van der Waals surface area contributed by atoms with Crippen molar-refractivity contribution in [1.29, 1.82) is 0 Å². The van der Waals surface area contributed by atoms with Crippen LogP contribution in [0.25, 0.3) is 0 Å². The second-order valence-electron chi connectivity index (χ2n) is 12.7. The Kier molecular flexibility index (Phi) is 10.3. The van der Waals surface area contributed by atoms with E-state index in [2.05, 4.69) is 47.7 Å². The topological polar surface area (TPSA) is 90.9 Å². The monoisotopic (exact) mass is 603 g/mol. The van der Waals surface area contributed by atoms with E-state index in [9.17, 15) is 19.1 Å². The van der Waals surface area contributed by atoms with E-state index in [0.29, 0.717) is 43.9 Å². The minimum absolute atomic E-state index is 0.0312. The van der Waals surface area contributed by atoms with Crippen LogP contribution in [-0.2, 0) is 28.0 Å². The van der Waals surface area contributed by atoms with Crippen molar-refractivity contribution in [3.8, 4) is 18.1 Å². The van der Waals surface area contributed by atoms with Gasteiger partial charge in [-0.25, -0.2) is 4.39 Å². The molecule has 8 heteroatoms. The molecule has 2 aliphatic carbocycles. The van der Waals surface area contributed by atoms with Crippen LogP contribution in [0.3, 0.4) is 0 Å². The Morgan fingerprint density at radius 1 is 1.18 bits per heavy atom. The largest absolute Gasteiger partial charge is 0.493 e. The van der Waals surface area contributed by atoms with Crippen LogP contribution >= 0.6 is 0 Å².